The standard InChI is InChI=1S/C32H52O6/c1-6-36-29(33)24-27-20-17-21-28(31(34)37-22-15-11-7-9-13-18-25(2)3)30(27)32(35)38-23-16-12-8-10-14-19-26(4)5/h17,20-21,25-26H,6-16,18-19,22-24H2,1-5H3. The number of hydrogen-bond acceptors (Lipinski definition) is 6. The van der Waals surface area contributed by atoms with Crippen LogP contribution in [0.3, 0.4) is 0 Å². The second kappa shape index (κ2) is 20.6. The van der Waals surface area contributed by atoms with E-state index in [4.69, 9.17) is 14.2 Å². The Hall–Kier alpha value is -2.37. The first kappa shape index (κ1) is 33.7. The Balaban J connectivity index is 2.68. The third kappa shape index (κ3) is 15.1. The topological polar surface area (TPSA) is 78.9 Å². The van der Waals surface area contributed by atoms with Crippen LogP contribution in [0.15, 0.2) is 18.2 Å². The van der Waals surface area contributed by atoms with Gasteiger partial charge in [-0.15, -0.1) is 0 Å². The highest BCUT2D eigenvalue weighted by Gasteiger charge is 2.24. The van der Waals surface area contributed by atoms with Gasteiger partial charge in [-0.1, -0.05) is 104 Å². The Morgan fingerprint density at radius 2 is 1.16 bits per heavy atom. The number of unbranched alkanes of at least 4 members (excludes halogenated alkanes) is 8. The molecule has 0 saturated carbocycles. The first-order valence-corrected chi connectivity index (χ1v) is 14.9. The van der Waals surface area contributed by atoms with Gasteiger partial charge < -0.3 is 14.2 Å². The normalized spacial score (nSPS) is 11.1. The van der Waals surface area contributed by atoms with Crippen molar-refractivity contribution < 1.29 is 28.6 Å². The van der Waals surface area contributed by atoms with Crippen LogP contribution >= 0.6 is 0 Å². The van der Waals surface area contributed by atoms with Crippen molar-refractivity contribution in [3.63, 3.8) is 0 Å². The number of rotatable bonds is 21. The fourth-order valence-electron chi connectivity index (χ4n) is 4.38. The van der Waals surface area contributed by atoms with E-state index in [1.165, 1.54) is 38.5 Å². The highest BCUT2D eigenvalue weighted by atomic mass is 16.5. The molecule has 0 radical (unpaired) electrons. The van der Waals surface area contributed by atoms with Crippen LogP contribution in [0, 0.1) is 11.8 Å². The van der Waals surface area contributed by atoms with Crippen molar-refractivity contribution in [1.82, 2.24) is 0 Å². The van der Waals surface area contributed by atoms with Gasteiger partial charge in [-0.05, 0) is 43.2 Å². The molecular formula is C32H52O6. The van der Waals surface area contributed by atoms with E-state index in [0.717, 1.165) is 50.4 Å². The summed E-state index contributed by atoms with van der Waals surface area (Å²) in [4.78, 5) is 38.2. The summed E-state index contributed by atoms with van der Waals surface area (Å²) >= 11 is 0. The van der Waals surface area contributed by atoms with Crippen molar-refractivity contribution in [1.29, 1.82) is 0 Å². The van der Waals surface area contributed by atoms with E-state index in [9.17, 15) is 14.4 Å². The average Bonchev–Trinajstić information content (AvgIpc) is 2.86. The zero-order valence-corrected chi connectivity index (χ0v) is 24.6. The summed E-state index contributed by atoms with van der Waals surface area (Å²) < 4.78 is 16.1. The fourth-order valence-corrected chi connectivity index (χ4v) is 4.38. The zero-order valence-electron chi connectivity index (χ0n) is 24.6. The minimum atomic E-state index is -0.596. The van der Waals surface area contributed by atoms with Gasteiger partial charge in [0.1, 0.15) is 0 Å². The summed E-state index contributed by atoms with van der Waals surface area (Å²) in [7, 11) is 0. The molecule has 0 aliphatic heterocycles. The molecular weight excluding hydrogens is 480 g/mol. The van der Waals surface area contributed by atoms with Gasteiger partial charge in [-0.3, -0.25) is 4.79 Å². The molecule has 1 rings (SSSR count). The zero-order chi connectivity index (χ0) is 28.2. The quantitative estimate of drug-likeness (QED) is 0.0904. The molecule has 0 unspecified atom stereocenters. The molecule has 0 aliphatic rings. The first-order valence-electron chi connectivity index (χ1n) is 14.9. The summed E-state index contributed by atoms with van der Waals surface area (Å²) in [5, 5.41) is 0. The van der Waals surface area contributed by atoms with Crippen molar-refractivity contribution >= 4 is 17.9 Å². The van der Waals surface area contributed by atoms with Crippen LogP contribution in [-0.4, -0.2) is 37.7 Å². The van der Waals surface area contributed by atoms with Gasteiger partial charge in [0.15, 0.2) is 0 Å². The van der Waals surface area contributed by atoms with E-state index in [1.807, 2.05) is 0 Å². The molecule has 0 aromatic heterocycles. The third-order valence-corrected chi connectivity index (χ3v) is 6.53. The summed E-state index contributed by atoms with van der Waals surface area (Å²) in [5.41, 5.74) is 0.667. The van der Waals surface area contributed by atoms with Crippen molar-refractivity contribution in [2.24, 2.45) is 11.8 Å². The molecule has 0 amide bonds. The molecule has 6 heteroatoms. The van der Waals surface area contributed by atoms with Crippen molar-refractivity contribution in [3.05, 3.63) is 34.9 Å². The van der Waals surface area contributed by atoms with Crippen molar-refractivity contribution in [3.8, 4) is 0 Å². The molecule has 1 aromatic rings. The van der Waals surface area contributed by atoms with Crippen LogP contribution in [0.5, 0.6) is 0 Å². The molecule has 6 nitrogen and oxygen atoms in total. The van der Waals surface area contributed by atoms with Gasteiger partial charge in [0, 0.05) is 0 Å². The summed E-state index contributed by atoms with van der Waals surface area (Å²) in [6.07, 6.45) is 13.0. The smallest absolute Gasteiger partial charge is 0.339 e. The maximum Gasteiger partial charge on any atom is 0.339 e. The summed E-state index contributed by atoms with van der Waals surface area (Å²) in [6, 6.07) is 4.89. The molecule has 1 aromatic carbocycles. The molecule has 0 fully saturated rings. The summed E-state index contributed by atoms with van der Waals surface area (Å²) in [6.45, 7) is 11.5. The van der Waals surface area contributed by atoms with Gasteiger partial charge in [0.2, 0.25) is 0 Å². The van der Waals surface area contributed by atoms with Gasteiger partial charge in [-0.25, -0.2) is 9.59 Å². The molecule has 216 valence electrons. The molecule has 0 atom stereocenters. The highest BCUT2D eigenvalue weighted by Crippen LogP contribution is 2.20. The number of esters is 3. The van der Waals surface area contributed by atoms with E-state index in [0.29, 0.717) is 12.2 Å². The lowest BCUT2D eigenvalue weighted by molar-refractivity contribution is -0.142. The van der Waals surface area contributed by atoms with Crippen LogP contribution in [0.4, 0.5) is 0 Å². The minimum absolute atomic E-state index is 0.106. The number of hydrogen-bond donors (Lipinski definition) is 0. The minimum Gasteiger partial charge on any atom is -0.466 e. The lowest BCUT2D eigenvalue weighted by atomic mass is 9.98. The van der Waals surface area contributed by atoms with Gasteiger partial charge >= 0.3 is 17.9 Å². The third-order valence-electron chi connectivity index (χ3n) is 6.53. The van der Waals surface area contributed by atoms with Crippen LogP contribution in [-0.2, 0) is 25.4 Å². The number of ether oxygens (including phenoxy) is 3. The Morgan fingerprint density at radius 3 is 1.68 bits per heavy atom. The summed E-state index contributed by atoms with van der Waals surface area (Å²) in [5.74, 6) is -0.151. The van der Waals surface area contributed by atoms with Crippen molar-refractivity contribution in [2.75, 3.05) is 19.8 Å². The maximum absolute atomic E-state index is 13.1. The number of carbonyl (C=O) groups excluding carboxylic acids is 3. The molecule has 0 heterocycles. The Bertz CT molecular complexity index is 814. The van der Waals surface area contributed by atoms with Crippen LogP contribution in [0.1, 0.15) is 138 Å². The molecule has 0 saturated heterocycles. The lowest BCUT2D eigenvalue weighted by Gasteiger charge is -2.14. The Labute approximate surface area is 231 Å². The van der Waals surface area contributed by atoms with Gasteiger partial charge in [-0.2, -0.15) is 0 Å². The highest BCUT2D eigenvalue weighted by molar-refractivity contribution is 6.04. The first-order chi connectivity index (χ1) is 18.3. The van der Waals surface area contributed by atoms with E-state index in [2.05, 4.69) is 27.7 Å². The number of carbonyl (C=O) groups is 3. The fraction of sp³-hybridized carbons (Fsp3) is 0.719. The van der Waals surface area contributed by atoms with Crippen molar-refractivity contribution in [2.45, 2.75) is 118 Å². The second-order valence-electron chi connectivity index (χ2n) is 11.0. The second-order valence-corrected chi connectivity index (χ2v) is 11.0. The SMILES string of the molecule is CCOC(=O)Cc1cccc(C(=O)OCCCCCCCC(C)C)c1C(=O)OCCCCCCCC(C)C. The van der Waals surface area contributed by atoms with Gasteiger partial charge in [0.25, 0.3) is 0 Å². The monoisotopic (exact) mass is 532 g/mol. The predicted molar refractivity (Wildman–Crippen MR) is 152 cm³/mol. The molecule has 0 spiro atoms. The Morgan fingerprint density at radius 1 is 0.658 bits per heavy atom. The average molecular weight is 533 g/mol. The molecule has 0 bridgehead atoms. The van der Waals surface area contributed by atoms with E-state index in [1.54, 1.807) is 25.1 Å². The lowest BCUT2D eigenvalue weighted by Crippen LogP contribution is -2.19. The number of benzene rings is 1. The van der Waals surface area contributed by atoms with Crippen LogP contribution < -0.4 is 0 Å². The van der Waals surface area contributed by atoms with E-state index < -0.39 is 17.9 Å². The van der Waals surface area contributed by atoms with Crippen LogP contribution in [0.2, 0.25) is 0 Å². The van der Waals surface area contributed by atoms with Crippen LogP contribution in [0.25, 0.3) is 0 Å². The maximum atomic E-state index is 13.1. The molecule has 0 N–H and O–H groups in total. The van der Waals surface area contributed by atoms with Gasteiger partial charge in [0.05, 0.1) is 37.4 Å². The predicted octanol–water partition coefficient (Wildman–Crippen LogP) is 8.10. The molecule has 38 heavy (non-hydrogen) atoms. The Kier molecular flexibility index (Phi) is 18.2. The molecule has 0 aliphatic carbocycles. The largest absolute Gasteiger partial charge is 0.466 e. The van der Waals surface area contributed by atoms with E-state index in [-0.39, 0.29) is 30.8 Å². The van der Waals surface area contributed by atoms with E-state index >= 15 is 0 Å².